The van der Waals surface area contributed by atoms with Gasteiger partial charge >= 0.3 is 11.3 Å². The number of carboxylic acid groups (broad SMARTS) is 1. The van der Waals surface area contributed by atoms with Crippen LogP contribution in [0.4, 0.5) is 26.7 Å². The van der Waals surface area contributed by atoms with Crippen LogP contribution in [0.25, 0.3) is 10.2 Å². The van der Waals surface area contributed by atoms with Gasteiger partial charge in [0.1, 0.15) is 27.3 Å². The second kappa shape index (κ2) is 6.82. The van der Waals surface area contributed by atoms with Crippen LogP contribution in [-0.4, -0.2) is 26.4 Å². The molecule has 0 bridgehead atoms. The zero-order chi connectivity index (χ0) is 20.8. The molecule has 9 heteroatoms. The highest BCUT2D eigenvalue weighted by molar-refractivity contribution is 7.54. The van der Waals surface area contributed by atoms with Crippen LogP contribution in [-0.2, 0) is 0 Å². The first-order valence-electron chi connectivity index (χ1n) is 9.01. The minimum Gasteiger partial charge on any atom is -0.439 e. The van der Waals surface area contributed by atoms with Crippen molar-refractivity contribution in [1.29, 1.82) is 0 Å². The third-order valence-electron chi connectivity index (χ3n) is 4.66. The maximum Gasteiger partial charge on any atom is 0.554 e. The van der Waals surface area contributed by atoms with Gasteiger partial charge in [-0.3, -0.25) is 4.90 Å². The summed E-state index contributed by atoms with van der Waals surface area (Å²) >= 11 is 0. The predicted octanol–water partition coefficient (Wildman–Crippen LogP) is 5.69. The summed E-state index contributed by atoms with van der Waals surface area (Å²) in [6.45, 7) is 1.89. The maximum absolute atomic E-state index is 12.8. The number of rotatable bonds is 4. The van der Waals surface area contributed by atoms with Gasteiger partial charge in [0.05, 0.1) is 11.4 Å². The molecule has 0 fully saturated rings. The van der Waals surface area contributed by atoms with Crippen LogP contribution in [0.2, 0.25) is 0 Å². The number of benzene rings is 1. The number of carbonyl (C=O) groups is 2. The van der Waals surface area contributed by atoms with Gasteiger partial charge in [-0.25, -0.2) is 14.8 Å². The topological polar surface area (TPSA) is 105 Å². The number of amides is 2. The van der Waals surface area contributed by atoms with E-state index in [1.54, 1.807) is 41.8 Å². The number of nitrogens with zero attached hydrogens (tertiary/aromatic N) is 3. The van der Waals surface area contributed by atoms with Gasteiger partial charge < -0.3 is 15.2 Å². The quantitative estimate of drug-likeness (QED) is 0.412. The van der Waals surface area contributed by atoms with Gasteiger partial charge in [0.25, 0.3) is 4.83 Å². The van der Waals surface area contributed by atoms with Crippen molar-refractivity contribution in [3.63, 3.8) is 0 Å². The van der Waals surface area contributed by atoms with Gasteiger partial charge in [0.15, 0.2) is 5.38 Å². The Bertz CT molecular complexity index is 1320. The van der Waals surface area contributed by atoms with E-state index in [0.717, 1.165) is 5.69 Å². The standard InChI is InChI=1S/C21H14N4O4S/c1-12-3-2-4-17(23-12)29-14-7-5-13(6-8-14)25-16-9-10-22-19-18(16)15(24-20(25)26)11-30(19)21(27)28/h2-11H,1H3,(H-,24,26,27,28)/p+1. The van der Waals surface area contributed by atoms with Crippen molar-refractivity contribution in [3.05, 3.63) is 65.8 Å². The van der Waals surface area contributed by atoms with Crippen LogP contribution in [0.15, 0.2) is 60.1 Å². The summed E-state index contributed by atoms with van der Waals surface area (Å²) < 4.78 is 5.77. The minimum absolute atomic E-state index is 0.365. The molecule has 4 heterocycles. The number of aryl methyl sites for hydroxylation is 1. The van der Waals surface area contributed by atoms with E-state index in [4.69, 9.17) is 4.74 Å². The molecule has 1 aliphatic rings. The zero-order valence-corrected chi connectivity index (χ0v) is 16.5. The monoisotopic (exact) mass is 419 g/mol. The first-order chi connectivity index (χ1) is 14.5. The lowest BCUT2D eigenvalue weighted by atomic mass is 10.1. The van der Waals surface area contributed by atoms with Gasteiger partial charge in [-0.1, -0.05) is 6.07 Å². The fraction of sp³-hybridized carbons (Fsp3) is 0.0476. The largest absolute Gasteiger partial charge is 0.554 e. The molecule has 4 aromatic rings. The number of hydrogen-bond acceptors (Lipinski definition) is 5. The van der Waals surface area contributed by atoms with Crippen LogP contribution in [0.1, 0.15) is 5.69 Å². The van der Waals surface area contributed by atoms with E-state index in [0.29, 0.717) is 38.9 Å². The number of urea groups is 1. The Labute approximate surface area is 173 Å². The number of aromatic nitrogens is 2. The summed E-state index contributed by atoms with van der Waals surface area (Å²) in [6, 6.07) is 13.9. The van der Waals surface area contributed by atoms with E-state index in [9.17, 15) is 14.7 Å². The van der Waals surface area contributed by atoms with Gasteiger partial charge in [0, 0.05) is 18.0 Å². The molecule has 0 spiro atoms. The smallest absolute Gasteiger partial charge is 0.439 e. The highest BCUT2D eigenvalue weighted by atomic mass is 32.2. The molecule has 30 heavy (non-hydrogen) atoms. The van der Waals surface area contributed by atoms with Crippen LogP contribution >= 0.6 is 10.5 Å². The van der Waals surface area contributed by atoms with Crippen molar-refractivity contribution in [2.24, 2.45) is 0 Å². The molecular formula is C21H15N4O4S+. The molecule has 0 saturated heterocycles. The van der Waals surface area contributed by atoms with Crippen molar-refractivity contribution >= 4 is 49.1 Å². The van der Waals surface area contributed by atoms with Crippen molar-refractivity contribution < 1.29 is 19.4 Å². The number of pyridine rings is 2. The number of carbonyl (C=O) groups excluding carboxylic acids is 1. The Morgan fingerprint density at radius 1 is 1.17 bits per heavy atom. The van der Waals surface area contributed by atoms with Gasteiger partial charge in [-0.15, -0.1) is 0 Å². The lowest BCUT2D eigenvalue weighted by Crippen LogP contribution is -2.33. The zero-order valence-electron chi connectivity index (χ0n) is 15.7. The summed E-state index contributed by atoms with van der Waals surface area (Å²) in [7, 11) is -1.19. The molecular weight excluding hydrogens is 404 g/mol. The fourth-order valence-electron chi connectivity index (χ4n) is 3.39. The molecule has 1 unspecified atom stereocenters. The Hall–Kier alpha value is -3.98. The van der Waals surface area contributed by atoms with Gasteiger partial charge in [0.2, 0.25) is 5.88 Å². The molecule has 0 saturated carbocycles. The Balaban J connectivity index is 1.52. The summed E-state index contributed by atoms with van der Waals surface area (Å²) in [5.41, 5.74) is 2.56. The number of ether oxygens (including phenoxy) is 1. The SMILES string of the molecule is Cc1cccc(Oc2ccc(N3C(=O)Nc4c[s+](C(=O)O)c5nccc3c45)cc2)n1. The van der Waals surface area contributed by atoms with Crippen molar-refractivity contribution in [3.8, 4) is 11.6 Å². The normalized spacial score (nSPS) is 13.3. The molecule has 0 aliphatic carbocycles. The molecule has 2 amide bonds. The van der Waals surface area contributed by atoms with Crippen LogP contribution in [0, 0.1) is 6.92 Å². The van der Waals surface area contributed by atoms with Gasteiger partial charge in [-0.2, -0.15) is 4.79 Å². The molecule has 1 aromatic carbocycles. The maximum atomic E-state index is 12.8. The summed E-state index contributed by atoms with van der Waals surface area (Å²) in [6.07, 6.45) is 1.53. The molecule has 148 valence electrons. The lowest BCUT2D eigenvalue weighted by molar-refractivity contribution is 0.221. The number of thiophene rings is 1. The van der Waals surface area contributed by atoms with Crippen molar-refractivity contribution in [1.82, 2.24) is 9.97 Å². The van der Waals surface area contributed by atoms with Crippen molar-refractivity contribution in [2.75, 3.05) is 10.2 Å². The molecule has 3 aromatic heterocycles. The summed E-state index contributed by atoms with van der Waals surface area (Å²) in [5.74, 6) is 1.07. The number of nitrogens with one attached hydrogen (secondary N) is 1. The lowest BCUT2D eigenvalue weighted by Gasteiger charge is -2.27. The van der Waals surface area contributed by atoms with E-state index in [-0.39, 0.29) is 6.03 Å². The molecule has 2 N–H and O–H groups in total. The second-order valence-corrected chi connectivity index (χ2v) is 8.27. The number of anilines is 3. The third-order valence-corrected chi connectivity index (χ3v) is 6.24. The average Bonchev–Trinajstić information content (AvgIpc) is 3.09. The summed E-state index contributed by atoms with van der Waals surface area (Å²) in [4.78, 5) is 34.9. The minimum atomic E-state index is -1.19. The van der Waals surface area contributed by atoms with E-state index in [2.05, 4.69) is 15.3 Å². The molecule has 8 nitrogen and oxygen atoms in total. The Kier molecular flexibility index (Phi) is 4.11. The highest BCUT2D eigenvalue weighted by Gasteiger charge is 2.36. The van der Waals surface area contributed by atoms with E-state index < -0.39 is 15.8 Å². The fourth-order valence-corrected chi connectivity index (χ4v) is 4.79. The van der Waals surface area contributed by atoms with Crippen LogP contribution < -0.4 is 15.0 Å². The predicted molar refractivity (Wildman–Crippen MR) is 114 cm³/mol. The van der Waals surface area contributed by atoms with E-state index >= 15 is 0 Å². The Morgan fingerprint density at radius 2 is 1.97 bits per heavy atom. The van der Waals surface area contributed by atoms with E-state index in [1.807, 2.05) is 19.1 Å². The molecule has 5 rings (SSSR count). The molecule has 1 aliphatic heterocycles. The number of hydrogen-bond donors (Lipinski definition) is 2. The summed E-state index contributed by atoms with van der Waals surface area (Å²) in [5, 5.41) is 13.5. The third kappa shape index (κ3) is 2.92. The second-order valence-electron chi connectivity index (χ2n) is 6.62. The first kappa shape index (κ1) is 18.1. The van der Waals surface area contributed by atoms with E-state index in [1.165, 1.54) is 11.1 Å². The highest BCUT2D eigenvalue weighted by Crippen LogP contribution is 2.46. The Morgan fingerprint density at radius 3 is 2.70 bits per heavy atom. The van der Waals surface area contributed by atoms with Crippen molar-refractivity contribution in [2.45, 2.75) is 6.92 Å². The van der Waals surface area contributed by atoms with Crippen LogP contribution in [0.5, 0.6) is 11.6 Å². The molecule has 0 radical (unpaired) electrons. The first-order valence-corrected chi connectivity index (χ1v) is 10.3. The molecule has 1 atom stereocenters. The average molecular weight is 419 g/mol. The van der Waals surface area contributed by atoms with Gasteiger partial charge in [-0.05, 0) is 43.3 Å². The van der Waals surface area contributed by atoms with Crippen LogP contribution in [0.3, 0.4) is 0 Å².